The number of fused-ring (bicyclic) bond motifs is 3. The van der Waals surface area contributed by atoms with Gasteiger partial charge < -0.3 is 14.4 Å². The van der Waals surface area contributed by atoms with E-state index in [1.165, 1.54) is 13.2 Å². The van der Waals surface area contributed by atoms with Crippen LogP contribution in [0.25, 0.3) is 11.1 Å². The van der Waals surface area contributed by atoms with E-state index in [0.29, 0.717) is 12.2 Å². The average molecular weight is 405 g/mol. The molecule has 1 aliphatic rings. The fourth-order valence-electron chi connectivity index (χ4n) is 4.11. The van der Waals surface area contributed by atoms with E-state index < -0.39 is 18.1 Å². The molecule has 154 valence electrons. The Labute approximate surface area is 174 Å². The lowest BCUT2D eigenvalue weighted by atomic mass is 9.98. The number of carbonyl (C=O) groups excluding carboxylic acids is 1. The van der Waals surface area contributed by atoms with Gasteiger partial charge >= 0.3 is 12.1 Å². The summed E-state index contributed by atoms with van der Waals surface area (Å²) in [7, 11) is 1.44. The van der Waals surface area contributed by atoms with Crippen LogP contribution < -0.4 is 0 Å². The van der Waals surface area contributed by atoms with Gasteiger partial charge in [0.05, 0.1) is 18.2 Å². The van der Waals surface area contributed by atoms with E-state index in [4.69, 9.17) is 4.74 Å². The topological polar surface area (TPSA) is 84.7 Å². The van der Waals surface area contributed by atoms with E-state index in [0.717, 1.165) is 27.2 Å². The largest absolute Gasteiger partial charge is 0.479 e. The van der Waals surface area contributed by atoms with E-state index in [1.54, 1.807) is 10.9 Å². The molecule has 7 heteroatoms. The van der Waals surface area contributed by atoms with Crippen LogP contribution in [0.5, 0.6) is 0 Å². The van der Waals surface area contributed by atoms with Crippen LogP contribution in [0, 0.1) is 0 Å². The van der Waals surface area contributed by atoms with Crippen molar-refractivity contribution in [3.05, 3.63) is 77.9 Å². The summed E-state index contributed by atoms with van der Waals surface area (Å²) in [4.78, 5) is 29.8. The quantitative estimate of drug-likeness (QED) is 0.672. The van der Waals surface area contributed by atoms with Crippen molar-refractivity contribution in [1.29, 1.82) is 0 Å². The van der Waals surface area contributed by atoms with Gasteiger partial charge in [-0.1, -0.05) is 48.5 Å². The molecule has 1 N–H and O–H groups in total. The van der Waals surface area contributed by atoms with Gasteiger partial charge in [-0.2, -0.15) is 0 Å². The van der Waals surface area contributed by atoms with Crippen LogP contribution >= 0.6 is 0 Å². The lowest BCUT2D eigenvalue weighted by molar-refractivity contribution is -0.142. The van der Waals surface area contributed by atoms with Gasteiger partial charge in [-0.3, -0.25) is 4.90 Å². The maximum Gasteiger partial charge on any atom is 0.410 e. The summed E-state index contributed by atoms with van der Waals surface area (Å²) in [6, 6.07) is 15.0. The van der Waals surface area contributed by atoms with E-state index in [9.17, 15) is 14.7 Å². The number of amides is 1. The monoisotopic (exact) mass is 405 g/mol. The minimum Gasteiger partial charge on any atom is -0.479 e. The molecule has 0 saturated heterocycles. The van der Waals surface area contributed by atoms with Crippen molar-refractivity contribution >= 4 is 12.1 Å². The van der Waals surface area contributed by atoms with Crippen molar-refractivity contribution < 1.29 is 19.4 Å². The number of carboxylic acid groups (broad SMARTS) is 1. The number of carbonyl (C=O) groups is 2. The second-order valence-corrected chi connectivity index (χ2v) is 7.26. The molecule has 2 aromatic carbocycles. The van der Waals surface area contributed by atoms with Crippen LogP contribution in [0.15, 0.2) is 61.1 Å². The maximum absolute atomic E-state index is 12.8. The normalized spacial score (nSPS) is 13.4. The van der Waals surface area contributed by atoms with Crippen LogP contribution in [-0.4, -0.2) is 45.3 Å². The second-order valence-electron chi connectivity index (χ2n) is 7.26. The van der Waals surface area contributed by atoms with Crippen LogP contribution in [0.2, 0.25) is 0 Å². The smallest absolute Gasteiger partial charge is 0.410 e. The van der Waals surface area contributed by atoms with Crippen molar-refractivity contribution in [3.8, 4) is 11.1 Å². The predicted molar refractivity (Wildman–Crippen MR) is 111 cm³/mol. The number of ether oxygens (including phenoxy) is 1. The summed E-state index contributed by atoms with van der Waals surface area (Å²) < 4.78 is 7.30. The number of aliphatic carboxylic acids is 1. The third-order valence-corrected chi connectivity index (χ3v) is 5.61. The number of benzene rings is 2. The van der Waals surface area contributed by atoms with Gasteiger partial charge in [-0.15, -0.1) is 0 Å². The zero-order valence-electron chi connectivity index (χ0n) is 16.9. The highest BCUT2D eigenvalue weighted by Crippen LogP contribution is 2.44. The summed E-state index contributed by atoms with van der Waals surface area (Å²) in [6.07, 6.45) is 2.33. The first kappa shape index (κ1) is 19.7. The van der Waals surface area contributed by atoms with E-state index in [-0.39, 0.29) is 12.5 Å². The molecule has 1 unspecified atom stereocenters. The molecule has 0 spiro atoms. The highest BCUT2D eigenvalue weighted by Gasteiger charge is 2.34. The highest BCUT2D eigenvalue weighted by molar-refractivity contribution is 5.81. The standard InChI is InChI=1S/C23H23N3O4/c1-3-26-14-24-12-20(26)21(22(27)28)25(2)23(29)30-13-19-17-10-6-4-8-15(17)16-9-5-7-11-18(16)19/h4-12,14,19,21H,3,13H2,1-2H3,(H,27,28). The lowest BCUT2D eigenvalue weighted by Crippen LogP contribution is -2.37. The van der Waals surface area contributed by atoms with Gasteiger partial charge in [-0.25, -0.2) is 14.6 Å². The third kappa shape index (κ3) is 3.32. The molecular weight excluding hydrogens is 382 g/mol. The minimum absolute atomic E-state index is 0.0841. The summed E-state index contributed by atoms with van der Waals surface area (Å²) in [5.41, 5.74) is 4.91. The Balaban J connectivity index is 1.54. The van der Waals surface area contributed by atoms with Gasteiger partial charge in [0.15, 0.2) is 6.04 Å². The van der Waals surface area contributed by atoms with Crippen LogP contribution in [0.1, 0.15) is 35.7 Å². The van der Waals surface area contributed by atoms with Gasteiger partial charge in [0.25, 0.3) is 0 Å². The van der Waals surface area contributed by atoms with Crippen molar-refractivity contribution in [2.75, 3.05) is 13.7 Å². The number of imidazole rings is 1. The van der Waals surface area contributed by atoms with Crippen LogP contribution in [-0.2, 0) is 16.1 Å². The Kier molecular flexibility index (Phi) is 5.27. The second kappa shape index (κ2) is 8.02. The lowest BCUT2D eigenvalue weighted by Gasteiger charge is -2.25. The predicted octanol–water partition coefficient (Wildman–Crippen LogP) is 3.91. The summed E-state index contributed by atoms with van der Waals surface area (Å²) >= 11 is 0. The van der Waals surface area contributed by atoms with Crippen molar-refractivity contribution in [3.63, 3.8) is 0 Å². The molecule has 0 bridgehead atoms. The molecule has 30 heavy (non-hydrogen) atoms. The fourth-order valence-corrected chi connectivity index (χ4v) is 4.11. The van der Waals surface area contributed by atoms with E-state index in [1.807, 2.05) is 43.3 Å². The van der Waals surface area contributed by atoms with Crippen molar-refractivity contribution in [2.45, 2.75) is 25.4 Å². The van der Waals surface area contributed by atoms with Gasteiger partial charge in [0, 0.05) is 19.5 Å². The Morgan fingerprint density at radius 2 is 1.73 bits per heavy atom. The molecule has 1 atom stereocenters. The maximum atomic E-state index is 12.8. The van der Waals surface area contributed by atoms with Crippen molar-refractivity contribution in [2.24, 2.45) is 0 Å². The first-order chi connectivity index (χ1) is 14.5. The first-order valence-electron chi connectivity index (χ1n) is 9.83. The average Bonchev–Trinajstić information content (AvgIpc) is 3.34. The Bertz CT molecular complexity index is 1050. The molecule has 0 saturated carbocycles. The van der Waals surface area contributed by atoms with Crippen molar-refractivity contribution in [1.82, 2.24) is 14.5 Å². The van der Waals surface area contributed by atoms with Crippen LogP contribution in [0.3, 0.4) is 0 Å². The SMILES string of the molecule is CCn1cncc1C(C(=O)O)N(C)C(=O)OCC1c2ccccc2-c2ccccc21. The molecule has 0 radical (unpaired) electrons. The Morgan fingerprint density at radius 1 is 1.13 bits per heavy atom. The van der Waals surface area contributed by atoms with Gasteiger partial charge in [0.2, 0.25) is 0 Å². The number of carboxylic acids is 1. The number of hydrogen-bond donors (Lipinski definition) is 1. The molecule has 0 fully saturated rings. The number of hydrogen-bond acceptors (Lipinski definition) is 4. The highest BCUT2D eigenvalue weighted by atomic mass is 16.6. The molecule has 0 aliphatic heterocycles. The summed E-state index contributed by atoms with van der Waals surface area (Å²) in [6.45, 7) is 2.58. The summed E-state index contributed by atoms with van der Waals surface area (Å²) in [5, 5.41) is 9.73. The molecule has 1 heterocycles. The Morgan fingerprint density at radius 3 is 2.30 bits per heavy atom. The zero-order chi connectivity index (χ0) is 21.3. The fraction of sp³-hybridized carbons (Fsp3) is 0.261. The molecule has 7 nitrogen and oxygen atoms in total. The third-order valence-electron chi connectivity index (χ3n) is 5.61. The number of rotatable bonds is 6. The van der Waals surface area contributed by atoms with Gasteiger partial charge in [0.1, 0.15) is 6.61 Å². The molecule has 3 aromatic rings. The molecule has 1 amide bonds. The molecule has 1 aliphatic carbocycles. The Hall–Kier alpha value is -3.61. The van der Waals surface area contributed by atoms with Crippen LogP contribution in [0.4, 0.5) is 4.79 Å². The first-order valence-corrected chi connectivity index (χ1v) is 9.83. The van der Waals surface area contributed by atoms with E-state index >= 15 is 0 Å². The summed E-state index contributed by atoms with van der Waals surface area (Å²) in [5.74, 6) is -1.22. The number of nitrogens with zero attached hydrogens (tertiary/aromatic N) is 3. The molecule has 4 rings (SSSR count). The minimum atomic E-state index is -1.18. The van der Waals surface area contributed by atoms with Gasteiger partial charge in [-0.05, 0) is 29.2 Å². The number of likely N-dealkylation sites (N-methyl/N-ethyl adjacent to an activating group) is 1. The number of aromatic nitrogens is 2. The number of aryl methyl sites for hydroxylation is 1. The molecular formula is C23H23N3O4. The van der Waals surface area contributed by atoms with E-state index in [2.05, 4.69) is 17.1 Å². The zero-order valence-corrected chi connectivity index (χ0v) is 16.9. The molecule has 1 aromatic heterocycles.